The standard InChI is InChI=1S/C20H24N6O3/c1-20(2,17(28)21-3)18(29)26-11-15(12-26)24-16(27)13-5-7-14(8-6-13)25-19-22-9-4-10-23-19/h4-10,15H,11-12H2,1-3H3,(H,21,28)(H,24,27)(H,22,23,25). The van der Waals surface area contributed by atoms with Crippen LogP contribution < -0.4 is 16.0 Å². The van der Waals surface area contributed by atoms with E-state index < -0.39 is 5.41 Å². The normalized spacial score (nSPS) is 14.0. The maximum Gasteiger partial charge on any atom is 0.251 e. The molecule has 1 aliphatic heterocycles. The minimum Gasteiger partial charge on any atom is -0.358 e. The van der Waals surface area contributed by atoms with E-state index in [4.69, 9.17) is 0 Å². The fraction of sp³-hybridized carbons (Fsp3) is 0.350. The molecular formula is C20H24N6O3. The molecule has 0 unspecified atom stereocenters. The first-order chi connectivity index (χ1) is 13.8. The molecule has 2 aromatic rings. The Labute approximate surface area is 168 Å². The molecule has 1 aromatic heterocycles. The average molecular weight is 396 g/mol. The molecule has 0 saturated carbocycles. The van der Waals surface area contributed by atoms with Gasteiger partial charge in [-0.25, -0.2) is 9.97 Å². The molecule has 0 atom stereocenters. The van der Waals surface area contributed by atoms with Gasteiger partial charge >= 0.3 is 0 Å². The maximum atomic E-state index is 12.5. The molecular weight excluding hydrogens is 372 g/mol. The van der Waals surface area contributed by atoms with Gasteiger partial charge in [-0.2, -0.15) is 0 Å². The van der Waals surface area contributed by atoms with E-state index in [0.717, 1.165) is 5.69 Å². The molecule has 9 heteroatoms. The van der Waals surface area contributed by atoms with Crippen molar-refractivity contribution in [3.63, 3.8) is 0 Å². The van der Waals surface area contributed by atoms with Gasteiger partial charge in [0.2, 0.25) is 17.8 Å². The van der Waals surface area contributed by atoms with Crippen LogP contribution in [0.4, 0.5) is 11.6 Å². The van der Waals surface area contributed by atoms with Gasteiger partial charge in [-0.15, -0.1) is 0 Å². The molecule has 0 aliphatic carbocycles. The van der Waals surface area contributed by atoms with Gasteiger partial charge in [0.15, 0.2) is 0 Å². The molecule has 29 heavy (non-hydrogen) atoms. The molecule has 1 aromatic carbocycles. The summed E-state index contributed by atoms with van der Waals surface area (Å²) in [5, 5.41) is 8.46. The first-order valence-corrected chi connectivity index (χ1v) is 9.28. The number of anilines is 2. The number of nitrogens with zero attached hydrogens (tertiary/aromatic N) is 3. The zero-order valence-corrected chi connectivity index (χ0v) is 16.6. The molecule has 3 rings (SSSR count). The first kappa shape index (κ1) is 20.2. The van der Waals surface area contributed by atoms with E-state index in [2.05, 4.69) is 25.9 Å². The number of likely N-dealkylation sites (tertiary alicyclic amines) is 1. The molecule has 2 heterocycles. The summed E-state index contributed by atoms with van der Waals surface area (Å²) < 4.78 is 0. The lowest BCUT2D eigenvalue weighted by Crippen LogP contribution is -2.64. The summed E-state index contributed by atoms with van der Waals surface area (Å²) in [5.41, 5.74) is 0.152. The van der Waals surface area contributed by atoms with Gasteiger partial charge in [0.05, 0.1) is 6.04 Å². The van der Waals surface area contributed by atoms with E-state index in [0.29, 0.717) is 24.6 Å². The number of carbonyl (C=O) groups excluding carboxylic acids is 3. The molecule has 0 bridgehead atoms. The van der Waals surface area contributed by atoms with Crippen molar-refractivity contribution in [2.45, 2.75) is 19.9 Å². The minimum atomic E-state index is -1.13. The van der Waals surface area contributed by atoms with E-state index in [9.17, 15) is 14.4 Å². The Morgan fingerprint density at radius 2 is 1.69 bits per heavy atom. The molecule has 1 aliphatic rings. The SMILES string of the molecule is CNC(=O)C(C)(C)C(=O)N1CC(NC(=O)c2ccc(Nc3ncccn3)cc2)C1. The zero-order valence-electron chi connectivity index (χ0n) is 16.6. The third-order valence-electron chi connectivity index (χ3n) is 4.80. The number of benzene rings is 1. The molecule has 3 N–H and O–H groups in total. The predicted octanol–water partition coefficient (Wildman–Crippen LogP) is 0.933. The molecule has 1 fully saturated rings. The summed E-state index contributed by atoms with van der Waals surface area (Å²) in [4.78, 5) is 46.5. The van der Waals surface area contributed by atoms with Crippen LogP contribution in [0.5, 0.6) is 0 Å². The van der Waals surface area contributed by atoms with Crippen LogP contribution in [0, 0.1) is 5.41 Å². The van der Waals surface area contributed by atoms with Crippen molar-refractivity contribution in [1.29, 1.82) is 0 Å². The van der Waals surface area contributed by atoms with Crippen LogP contribution in [-0.2, 0) is 9.59 Å². The molecule has 9 nitrogen and oxygen atoms in total. The lowest BCUT2D eigenvalue weighted by atomic mass is 9.88. The fourth-order valence-corrected chi connectivity index (χ4v) is 3.01. The summed E-state index contributed by atoms with van der Waals surface area (Å²) in [6, 6.07) is 8.55. The number of nitrogens with one attached hydrogen (secondary N) is 3. The smallest absolute Gasteiger partial charge is 0.251 e. The summed E-state index contributed by atoms with van der Waals surface area (Å²) >= 11 is 0. The highest BCUT2D eigenvalue weighted by Crippen LogP contribution is 2.23. The van der Waals surface area contributed by atoms with Gasteiger partial charge in [-0.05, 0) is 44.2 Å². The Bertz CT molecular complexity index is 892. The summed E-state index contributed by atoms with van der Waals surface area (Å²) in [5.74, 6) is -0.315. The summed E-state index contributed by atoms with van der Waals surface area (Å²) in [6.45, 7) is 3.96. The second-order valence-corrected chi connectivity index (χ2v) is 7.36. The van der Waals surface area contributed by atoms with Gasteiger partial charge in [-0.3, -0.25) is 14.4 Å². The molecule has 3 amide bonds. The van der Waals surface area contributed by atoms with Crippen LogP contribution in [0.3, 0.4) is 0 Å². The number of aromatic nitrogens is 2. The monoisotopic (exact) mass is 396 g/mol. The van der Waals surface area contributed by atoms with Crippen molar-refractivity contribution in [2.75, 3.05) is 25.5 Å². The van der Waals surface area contributed by atoms with Gasteiger partial charge in [0, 0.05) is 43.8 Å². The Morgan fingerprint density at radius 3 is 2.28 bits per heavy atom. The highest BCUT2D eigenvalue weighted by Gasteiger charge is 2.43. The number of hydrogen-bond acceptors (Lipinski definition) is 6. The molecule has 0 spiro atoms. The largest absolute Gasteiger partial charge is 0.358 e. The van der Waals surface area contributed by atoms with E-state index in [1.54, 1.807) is 61.5 Å². The van der Waals surface area contributed by atoms with E-state index in [1.807, 2.05) is 0 Å². The number of carbonyl (C=O) groups is 3. The van der Waals surface area contributed by atoms with Crippen LogP contribution >= 0.6 is 0 Å². The van der Waals surface area contributed by atoms with Crippen LogP contribution in [0.2, 0.25) is 0 Å². The summed E-state index contributed by atoms with van der Waals surface area (Å²) in [6.07, 6.45) is 3.28. The lowest BCUT2D eigenvalue weighted by molar-refractivity contribution is -0.152. The van der Waals surface area contributed by atoms with Gasteiger partial charge < -0.3 is 20.9 Å². The molecule has 1 saturated heterocycles. The predicted molar refractivity (Wildman–Crippen MR) is 107 cm³/mol. The Balaban J connectivity index is 1.50. The number of rotatable bonds is 6. The van der Waals surface area contributed by atoms with Crippen LogP contribution in [0.25, 0.3) is 0 Å². The fourth-order valence-electron chi connectivity index (χ4n) is 3.01. The lowest BCUT2D eigenvalue weighted by Gasteiger charge is -2.42. The van der Waals surface area contributed by atoms with Gasteiger partial charge in [0.25, 0.3) is 5.91 Å². The number of hydrogen-bond donors (Lipinski definition) is 3. The van der Waals surface area contributed by atoms with Crippen molar-refractivity contribution >= 4 is 29.4 Å². The quantitative estimate of drug-likeness (QED) is 0.626. The van der Waals surface area contributed by atoms with Crippen molar-refractivity contribution in [3.8, 4) is 0 Å². The van der Waals surface area contributed by atoms with E-state index >= 15 is 0 Å². The second kappa shape index (κ2) is 8.26. The van der Waals surface area contributed by atoms with Crippen molar-refractivity contribution in [2.24, 2.45) is 5.41 Å². The van der Waals surface area contributed by atoms with Crippen molar-refractivity contribution in [3.05, 3.63) is 48.3 Å². The van der Waals surface area contributed by atoms with E-state index in [1.165, 1.54) is 7.05 Å². The molecule has 152 valence electrons. The van der Waals surface area contributed by atoms with E-state index in [-0.39, 0.29) is 23.8 Å². The maximum absolute atomic E-state index is 12.5. The van der Waals surface area contributed by atoms with Crippen molar-refractivity contribution < 1.29 is 14.4 Å². The molecule has 0 radical (unpaired) electrons. The number of amides is 3. The minimum absolute atomic E-state index is 0.137. The highest BCUT2D eigenvalue weighted by molar-refractivity contribution is 6.04. The Morgan fingerprint density at radius 1 is 1.07 bits per heavy atom. The zero-order chi connectivity index (χ0) is 21.0. The van der Waals surface area contributed by atoms with Gasteiger partial charge in [0.1, 0.15) is 5.41 Å². The summed E-state index contributed by atoms with van der Waals surface area (Å²) in [7, 11) is 1.50. The first-order valence-electron chi connectivity index (χ1n) is 9.28. The van der Waals surface area contributed by atoms with Crippen LogP contribution in [0.15, 0.2) is 42.7 Å². The Hall–Kier alpha value is -3.49. The topological polar surface area (TPSA) is 116 Å². The Kier molecular flexibility index (Phi) is 5.76. The highest BCUT2D eigenvalue weighted by atomic mass is 16.2. The average Bonchev–Trinajstić information content (AvgIpc) is 2.70. The van der Waals surface area contributed by atoms with Gasteiger partial charge in [-0.1, -0.05) is 0 Å². The third-order valence-corrected chi connectivity index (χ3v) is 4.80. The van der Waals surface area contributed by atoms with Crippen molar-refractivity contribution in [1.82, 2.24) is 25.5 Å². The van der Waals surface area contributed by atoms with Crippen LogP contribution in [0.1, 0.15) is 24.2 Å². The third kappa shape index (κ3) is 4.50. The van der Waals surface area contributed by atoms with Crippen LogP contribution in [-0.4, -0.2) is 58.8 Å². The second-order valence-electron chi connectivity index (χ2n) is 7.36.